The smallest absolute Gasteiger partial charge is 0.280 e. The van der Waals surface area contributed by atoms with Gasteiger partial charge < -0.3 is 20.1 Å². The normalized spacial score (nSPS) is 40.3. The van der Waals surface area contributed by atoms with Crippen molar-refractivity contribution in [3.05, 3.63) is 16.7 Å². The first-order valence-electron chi connectivity index (χ1n) is 11.3. The minimum absolute atomic E-state index is 0.0236. The largest absolute Gasteiger partial charge is 0.394 e. The zero-order valence-corrected chi connectivity index (χ0v) is 17.5. The predicted octanol–water partition coefficient (Wildman–Crippen LogP) is -0.114. The van der Waals surface area contributed by atoms with Crippen LogP contribution in [0.15, 0.2) is 11.1 Å². The highest BCUT2D eigenvalue weighted by atomic mass is 16.6. The van der Waals surface area contributed by atoms with E-state index in [1.54, 1.807) is 0 Å². The van der Waals surface area contributed by atoms with E-state index in [2.05, 4.69) is 20.3 Å². The summed E-state index contributed by atoms with van der Waals surface area (Å²) in [7, 11) is 0. The van der Waals surface area contributed by atoms with Crippen LogP contribution in [0.4, 0.5) is 5.95 Å². The molecule has 4 atom stereocenters. The Balaban J connectivity index is 1.31. The molecule has 2 aromatic rings. The van der Waals surface area contributed by atoms with Crippen molar-refractivity contribution in [2.45, 2.75) is 63.1 Å². The Kier molecular flexibility index (Phi) is 4.49. The van der Waals surface area contributed by atoms with E-state index in [9.17, 15) is 24.9 Å². The first-order chi connectivity index (χ1) is 15.4. The number of nitrogens with one attached hydrogen (secondary N) is 2. The molecule has 2 aromatic heterocycles. The van der Waals surface area contributed by atoms with Gasteiger partial charge in [-0.05, 0) is 56.3 Å². The summed E-state index contributed by atoms with van der Waals surface area (Å²) in [5.74, 6) is 1.74. The molecule has 4 bridgehead atoms. The van der Waals surface area contributed by atoms with Crippen LogP contribution < -0.4 is 10.9 Å². The highest BCUT2D eigenvalue weighted by molar-refractivity contribution is 5.94. The van der Waals surface area contributed by atoms with E-state index < -0.39 is 42.1 Å². The molecule has 1 aliphatic heterocycles. The number of carbonyl (C=O) groups is 1. The van der Waals surface area contributed by atoms with Crippen LogP contribution in [0.2, 0.25) is 0 Å². The van der Waals surface area contributed by atoms with Gasteiger partial charge in [0.2, 0.25) is 11.9 Å². The van der Waals surface area contributed by atoms with Crippen LogP contribution >= 0.6 is 0 Å². The standard InChI is InChI=1S/C21H27N5O6/c27-7-12-14(28)15(29)18(32-12)26-8-22-13-16(26)23-20(24-17(13)30)25-19(31)21-4-9-1-10(5-21)3-11(2-9)6-21/h8-12,14-15,18,27-29H,1-7H2,(H2,23,24,25,30,31)/t9?,10?,11?,12-,14-,15+,18-,21?/m1/s1. The number of hydrogen-bond acceptors (Lipinski definition) is 8. The molecule has 32 heavy (non-hydrogen) atoms. The highest BCUT2D eigenvalue weighted by Crippen LogP contribution is 2.60. The summed E-state index contributed by atoms with van der Waals surface area (Å²) < 4.78 is 6.89. The second kappa shape index (κ2) is 7.08. The third-order valence-corrected chi connectivity index (χ3v) is 7.98. The van der Waals surface area contributed by atoms with Crippen molar-refractivity contribution < 1.29 is 24.9 Å². The summed E-state index contributed by atoms with van der Waals surface area (Å²) in [5.41, 5.74) is -0.785. The minimum Gasteiger partial charge on any atom is -0.394 e. The van der Waals surface area contributed by atoms with Crippen LogP contribution in [0.1, 0.15) is 44.8 Å². The van der Waals surface area contributed by atoms with Crippen molar-refractivity contribution in [1.82, 2.24) is 19.5 Å². The van der Waals surface area contributed by atoms with Gasteiger partial charge in [0.05, 0.1) is 18.3 Å². The number of nitrogens with zero attached hydrogens (tertiary/aromatic N) is 3. The van der Waals surface area contributed by atoms with Gasteiger partial charge >= 0.3 is 0 Å². The van der Waals surface area contributed by atoms with E-state index in [0.717, 1.165) is 19.3 Å². The Hall–Kier alpha value is -2.34. The van der Waals surface area contributed by atoms with Crippen LogP contribution in [0, 0.1) is 23.2 Å². The van der Waals surface area contributed by atoms with Crippen molar-refractivity contribution in [1.29, 1.82) is 0 Å². The Labute approximate surface area is 182 Å². The lowest BCUT2D eigenvalue weighted by Crippen LogP contribution is -2.52. The second-order valence-corrected chi connectivity index (χ2v) is 10.1. The predicted molar refractivity (Wildman–Crippen MR) is 110 cm³/mol. The van der Waals surface area contributed by atoms with Crippen molar-refractivity contribution in [3.63, 3.8) is 0 Å². The van der Waals surface area contributed by atoms with Crippen molar-refractivity contribution in [3.8, 4) is 0 Å². The molecule has 3 heterocycles. The second-order valence-electron chi connectivity index (χ2n) is 10.1. The fraction of sp³-hybridized carbons (Fsp3) is 0.714. The van der Waals surface area contributed by atoms with Crippen molar-refractivity contribution in [2.75, 3.05) is 11.9 Å². The number of H-pyrrole nitrogens is 1. The Bertz CT molecular complexity index is 1090. The van der Waals surface area contributed by atoms with E-state index in [-0.39, 0.29) is 23.0 Å². The van der Waals surface area contributed by atoms with Gasteiger partial charge in [-0.25, -0.2) is 4.98 Å². The summed E-state index contributed by atoms with van der Waals surface area (Å²) in [6, 6.07) is 0. The highest BCUT2D eigenvalue weighted by Gasteiger charge is 2.54. The number of aliphatic hydroxyl groups is 3. The topological polar surface area (TPSA) is 163 Å². The molecule has 0 unspecified atom stereocenters. The Morgan fingerprint density at radius 2 is 1.84 bits per heavy atom. The summed E-state index contributed by atoms with van der Waals surface area (Å²) in [6.07, 6.45) is 2.94. The number of anilines is 1. The number of aromatic amines is 1. The SMILES string of the molecule is O=C(Nc1nc2c(ncn2[C@@H]2O[C@H](CO)[C@@H](O)[C@@H]2O)c(=O)[nH]1)C12CC3CC(CC(C3)C1)C2. The molecular formula is C21H27N5O6. The molecule has 7 rings (SSSR count). The number of carbonyl (C=O) groups excluding carboxylic acids is 1. The Morgan fingerprint density at radius 3 is 2.44 bits per heavy atom. The molecule has 172 valence electrons. The summed E-state index contributed by atoms with van der Waals surface area (Å²) >= 11 is 0. The number of aliphatic hydroxyl groups excluding tert-OH is 3. The number of hydrogen-bond donors (Lipinski definition) is 5. The van der Waals surface area contributed by atoms with Crippen LogP contribution in [0.3, 0.4) is 0 Å². The monoisotopic (exact) mass is 445 g/mol. The molecule has 0 radical (unpaired) electrons. The van der Waals surface area contributed by atoms with Crippen LogP contribution in [0.25, 0.3) is 11.2 Å². The lowest BCUT2D eigenvalue weighted by Gasteiger charge is -2.55. The van der Waals surface area contributed by atoms with Crippen LogP contribution in [-0.2, 0) is 9.53 Å². The quantitative estimate of drug-likeness (QED) is 0.435. The fourth-order valence-electron chi connectivity index (χ4n) is 6.91. The minimum atomic E-state index is -1.34. The van der Waals surface area contributed by atoms with Crippen molar-refractivity contribution in [2.24, 2.45) is 23.2 Å². The molecule has 4 saturated carbocycles. The Morgan fingerprint density at radius 1 is 1.19 bits per heavy atom. The number of ether oxygens (including phenoxy) is 1. The lowest BCUT2D eigenvalue weighted by molar-refractivity contribution is -0.140. The lowest BCUT2D eigenvalue weighted by atomic mass is 9.49. The maximum absolute atomic E-state index is 13.3. The number of fused-ring (bicyclic) bond motifs is 1. The number of aromatic nitrogens is 4. The summed E-state index contributed by atoms with van der Waals surface area (Å²) in [5, 5.41) is 32.6. The zero-order chi connectivity index (χ0) is 22.2. The first-order valence-corrected chi connectivity index (χ1v) is 11.3. The molecule has 1 saturated heterocycles. The van der Waals surface area contributed by atoms with Gasteiger partial charge in [0.15, 0.2) is 17.4 Å². The number of amides is 1. The average molecular weight is 445 g/mol. The van der Waals surface area contributed by atoms with Crippen LogP contribution in [0.5, 0.6) is 0 Å². The van der Waals surface area contributed by atoms with Gasteiger partial charge in [0, 0.05) is 0 Å². The molecule has 1 amide bonds. The van der Waals surface area contributed by atoms with Gasteiger partial charge in [-0.2, -0.15) is 4.98 Å². The van der Waals surface area contributed by atoms with E-state index >= 15 is 0 Å². The summed E-state index contributed by atoms with van der Waals surface area (Å²) in [4.78, 5) is 37.0. The van der Waals surface area contributed by atoms with Crippen molar-refractivity contribution >= 4 is 23.0 Å². The van der Waals surface area contributed by atoms with Gasteiger partial charge in [-0.15, -0.1) is 0 Å². The fourth-order valence-corrected chi connectivity index (χ4v) is 6.91. The molecule has 5 N–H and O–H groups in total. The molecule has 11 nitrogen and oxygen atoms in total. The molecule has 0 spiro atoms. The third-order valence-electron chi connectivity index (χ3n) is 7.98. The third kappa shape index (κ3) is 2.95. The number of rotatable bonds is 4. The number of imidazole rings is 1. The molecule has 11 heteroatoms. The molecular weight excluding hydrogens is 418 g/mol. The van der Waals surface area contributed by atoms with E-state index in [4.69, 9.17) is 4.74 Å². The molecule has 0 aromatic carbocycles. The molecule has 5 fully saturated rings. The van der Waals surface area contributed by atoms with Gasteiger partial charge in [-0.3, -0.25) is 24.5 Å². The van der Waals surface area contributed by atoms with E-state index in [1.807, 2.05) is 0 Å². The van der Waals surface area contributed by atoms with Crippen LogP contribution in [-0.4, -0.2) is 65.7 Å². The van der Waals surface area contributed by atoms with Gasteiger partial charge in [0.25, 0.3) is 5.56 Å². The van der Waals surface area contributed by atoms with E-state index in [1.165, 1.54) is 30.2 Å². The molecule has 4 aliphatic carbocycles. The maximum atomic E-state index is 13.3. The zero-order valence-electron chi connectivity index (χ0n) is 17.5. The van der Waals surface area contributed by atoms with E-state index in [0.29, 0.717) is 17.8 Å². The maximum Gasteiger partial charge on any atom is 0.280 e. The molecule has 5 aliphatic rings. The average Bonchev–Trinajstić information content (AvgIpc) is 3.28. The first kappa shape index (κ1) is 20.3. The van der Waals surface area contributed by atoms with Gasteiger partial charge in [0.1, 0.15) is 18.3 Å². The summed E-state index contributed by atoms with van der Waals surface area (Å²) in [6.45, 7) is -0.470. The van der Waals surface area contributed by atoms with Gasteiger partial charge in [-0.1, -0.05) is 0 Å².